The quantitative estimate of drug-likeness (QED) is 0.794. The zero-order valence-corrected chi connectivity index (χ0v) is 15.4. The lowest BCUT2D eigenvalue weighted by Crippen LogP contribution is -2.39. The fourth-order valence-electron chi connectivity index (χ4n) is 3.87. The molecule has 0 aliphatic carbocycles. The van der Waals surface area contributed by atoms with Gasteiger partial charge in [0.25, 0.3) is 0 Å². The molecule has 2 aliphatic heterocycles. The SMILES string of the molecule is CN1C=CN(Cc2ccc3cc(C[N+]4(C)C=CN(C)C4)ccc3c2)C1. The van der Waals surface area contributed by atoms with Crippen LogP contribution < -0.4 is 0 Å². The van der Waals surface area contributed by atoms with Gasteiger partial charge >= 0.3 is 0 Å². The first-order valence-corrected chi connectivity index (χ1v) is 8.87. The van der Waals surface area contributed by atoms with Gasteiger partial charge in [-0.05, 0) is 28.5 Å². The van der Waals surface area contributed by atoms with E-state index in [2.05, 4.69) is 97.0 Å². The second-order valence-electron chi connectivity index (χ2n) is 7.79. The Balaban J connectivity index is 1.51. The van der Waals surface area contributed by atoms with Crippen molar-refractivity contribution >= 4 is 10.8 Å². The fraction of sp³-hybridized carbons (Fsp3) is 0.333. The predicted octanol–water partition coefficient (Wildman–Crippen LogP) is 3.34. The maximum absolute atomic E-state index is 2.35. The summed E-state index contributed by atoms with van der Waals surface area (Å²) in [7, 11) is 6.53. The van der Waals surface area contributed by atoms with Gasteiger partial charge in [-0.25, -0.2) is 0 Å². The van der Waals surface area contributed by atoms with Crippen LogP contribution in [0.4, 0.5) is 0 Å². The summed E-state index contributed by atoms with van der Waals surface area (Å²) in [5.74, 6) is 0. The summed E-state index contributed by atoms with van der Waals surface area (Å²) >= 11 is 0. The van der Waals surface area contributed by atoms with Gasteiger partial charge in [-0.15, -0.1) is 0 Å². The van der Waals surface area contributed by atoms with Gasteiger partial charge in [0.05, 0.1) is 19.9 Å². The third kappa shape index (κ3) is 3.49. The summed E-state index contributed by atoms with van der Waals surface area (Å²) in [5, 5.41) is 2.66. The molecule has 0 N–H and O–H groups in total. The van der Waals surface area contributed by atoms with Crippen molar-refractivity contribution in [2.45, 2.75) is 13.1 Å². The van der Waals surface area contributed by atoms with Crippen LogP contribution in [0.1, 0.15) is 11.1 Å². The summed E-state index contributed by atoms with van der Waals surface area (Å²) in [6, 6.07) is 13.8. The molecule has 0 aromatic heterocycles. The molecule has 25 heavy (non-hydrogen) atoms. The Kier molecular flexibility index (Phi) is 3.92. The van der Waals surface area contributed by atoms with Crippen LogP contribution in [-0.2, 0) is 13.1 Å². The lowest BCUT2D eigenvalue weighted by molar-refractivity contribution is -0.874. The van der Waals surface area contributed by atoms with Gasteiger partial charge in [-0.1, -0.05) is 24.3 Å². The Morgan fingerprint density at radius 1 is 0.880 bits per heavy atom. The van der Waals surface area contributed by atoms with Crippen molar-refractivity contribution < 1.29 is 4.48 Å². The Morgan fingerprint density at radius 3 is 2.24 bits per heavy atom. The van der Waals surface area contributed by atoms with Crippen molar-refractivity contribution in [2.24, 2.45) is 0 Å². The third-order valence-corrected chi connectivity index (χ3v) is 5.06. The van der Waals surface area contributed by atoms with Crippen molar-refractivity contribution in [3.05, 3.63) is 72.3 Å². The van der Waals surface area contributed by atoms with Gasteiger partial charge in [0.1, 0.15) is 12.7 Å². The average Bonchev–Trinajstić information content (AvgIpc) is 3.13. The van der Waals surface area contributed by atoms with Crippen LogP contribution in [0.2, 0.25) is 0 Å². The molecule has 0 amide bonds. The van der Waals surface area contributed by atoms with Crippen LogP contribution in [0.5, 0.6) is 0 Å². The predicted molar refractivity (Wildman–Crippen MR) is 103 cm³/mol. The van der Waals surface area contributed by atoms with Gasteiger partial charge in [0, 0.05) is 38.6 Å². The van der Waals surface area contributed by atoms with Crippen molar-refractivity contribution in [3.8, 4) is 0 Å². The minimum Gasteiger partial charge on any atom is -0.362 e. The molecule has 2 heterocycles. The van der Waals surface area contributed by atoms with Crippen LogP contribution >= 0.6 is 0 Å². The molecule has 4 rings (SSSR count). The number of quaternary nitrogens is 1. The Bertz CT molecular complexity index is 841. The second kappa shape index (κ2) is 6.12. The zero-order chi connectivity index (χ0) is 17.4. The molecule has 0 bridgehead atoms. The molecular weight excluding hydrogens is 308 g/mol. The van der Waals surface area contributed by atoms with E-state index in [-0.39, 0.29) is 0 Å². The first kappa shape index (κ1) is 16.0. The van der Waals surface area contributed by atoms with Crippen molar-refractivity contribution in [1.82, 2.24) is 14.7 Å². The molecule has 1 unspecified atom stereocenters. The molecule has 4 nitrogen and oxygen atoms in total. The van der Waals surface area contributed by atoms with E-state index in [9.17, 15) is 0 Å². The summed E-state index contributed by atoms with van der Waals surface area (Å²) in [5.41, 5.74) is 2.76. The van der Waals surface area contributed by atoms with Crippen LogP contribution in [0.3, 0.4) is 0 Å². The molecule has 0 radical (unpaired) electrons. The normalized spacial score (nSPS) is 22.6. The highest BCUT2D eigenvalue weighted by atomic mass is 15.4. The number of fused-ring (bicyclic) bond motifs is 1. The minimum absolute atomic E-state index is 0.939. The second-order valence-corrected chi connectivity index (χ2v) is 7.79. The number of hydrogen-bond donors (Lipinski definition) is 0. The molecule has 130 valence electrons. The van der Waals surface area contributed by atoms with E-state index in [1.807, 2.05) is 0 Å². The van der Waals surface area contributed by atoms with Gasteiger partial charge < -0.3 is 14.7 Å². The molecule has 0 saturated carbocycles. The average molecular weight is 335 g/mol. The third-order valence-electron chi connectivity index (χ3n) is 5.06. The van der Waals surface area contributed by atoms with E-state index in [1.165, 1.54) is 21.9 Å². The lowest BCUT2D eigenvalue weighted by Gasteiger charge is -2.27. The summed E-state index contributed by atoms with van der Waals surface area (Å²) in [6.45, 7) is 4.00. The Hall–Kier alpha value is -2.46. The molecule has 2 aliphatic rings. The number of hydrogen-bond acceptors (Lipinski definition) is 3. The van der Waals surface area contributed by atoms with Gasteiger partial charge in [-0.3, -0.25) is 4.48 Å². The van der Waals surface area contributed by atoms with Crippen molar-refractivity contribution in [1.29, 1.82) is 0 Å². The molecule has 0 fully saturated rings. The first-order valence-electron chi connectivity index (χ1n) is 8.87. The number of rotatable bonds is 4. The largest absolute Gasteiger partial charge is 0.362 e. The summed E-state index contributed by atoms with van der Waals surface area (Å²) in [6.07, 6.45) is 8.75. The Morgan fingerprint density at radius 2 is 1.60 bits per heavy atom. The standard InChI is InChI=1S/C21H27N4/c1-22-8-9-24(16-22)14-18-4-6-21-13-19(5-7-20(21)12-18)15-25(3)11-10-23(2)17-25/h4-13H,14-17H2,1-3H3/q+1. The molecule has 4 heteroatoms. The minimum atomic E-state index is 0.939. The van der Waals surface area contributed by atoms with Crippen LogP contribution in [0, 0.1) is 0 Å². The zero-order valence-electron chi connectivity index (χ0n) is 15.4. The topological polar surface area (TPSA) is 9.72 Å². The molecule has 2 aromatic carbocycles. The molecule has 0 saturated heterocycles. The first-order chi connectivity index (χ1) is 12.0. The molecule has 1 atom stereocenters. The smallest absolute Gasteiger partial charge is 0.158 e. The van der Waals surface area contributed by atoms with Gasteiger partial charge in [0.15, 0.2) is 6.67 Å². The van der Waals surface area contributed by atoms with Crippen LogP contribution in [0.25, 0.3) is 10.8 Å². The molecular formula is C21H27N4+. The Labute approximate surface area is 150 Å². The van der Waals surface area contributed by atoms with Crippen LogP contribution in [0.15, 0.2) is 61.2 Å². The van der Waals surface area contributed by atoms with E-state index in [4.69, 9.17) is 0 Å². The lowest BCUT2D eigenvalue weighted by atomic mass is 10.0. The highest BCUT2D eigenvalue weighted by molar-refractivity contribution is 5.83. The number of nitrogens with zero attached hydrogens (tertiary/aromatic N) is 4. The van der Waals surface area contributed by atoms with Crippen LogP contribution in [-0.4, -0.2) is 53.7 Å². The van der Waals surface area contributed by atoms with Crippen molar-refractivity contribution in [2.75, 3.05) is 34.5 Å². The maximum Gasteiger partial charge on any atom is 0.158 e. The molecule has 0 spiro atoms. The number of benzene rings is 2. The van der Waals surface area contributed by atoms with E-state index >= 15 is 0 Å². The maximum atomic E-state index is 2.35. The summed E-state index contributed by atoms with van der Waals surface area (Å²) in [4.78, 5) is 6.77. The van der Waals surface area contributed by atoms with Crippen molar-refractivity contribution in [3.63, 3.8) is 0 Å². The monoisotopic (exact) mass is 335 g/mol. The fourth-order valence-corrected chi connectivity index (χ4v) is 3.87. The summed E-state index contributed by atoms with van der Waals surface area (Å²) < 4.78 is 0.939. The highest BCUT2D eigenvalue weighted by Crippen LogP contribution is 2.23. The molecule has 2 aromatic rings. The van der Waals surface area contributed by atoms with Gasteiger partial charge in [0.2, 0.25) is 0 Å². The van der Waals surface area contributed by atoms with Gasteiger partial charge in [-0.2, -0.15) is 0 Å². The van der Waals surface area contributed by atoms with E-state index in [0.717, 1.165) is 30.9 Å². The van der Waals surface area contributed by atoms with E-state index < -0.39 is 0 Å². The highest BCUT2D eigenvalue weighted by Gasteiger charge is 2.25. The van der Waals surface area contributed by atoms with E-state index in [0.29, 0.717) is 0 Å². The van der Waals surface area contributed by atoms with E-state index in [1.54, 1.807) is 0 Å².